The lowest BCUT2D eigenvalue weighted by Crippen LogP contribution is -2.25. The zero-order valence-corrected chi connectivity index (χ0v) is 12.0. The van der Waals surface area contributed by atoms with Gasteiger partial charge in [0.25, 0.3) is 0 Å². The molecule has 4 rings (SSSR count). The normalized spacial score (nSPS) is 16.1. The first-order valence-corrected chi connectivity index (χ1v) is 6.89. The van der Waals surface area contributed by atoms with E-state index in [4.69, 9.17) is 15.0 Å². The van der Waals surface area contributed by atoms with Gasteiger partial charge in [-0.2, -0.15) is 5.10 Å². The number of aromatic nitrogens is 3. The summed E-state index contributed by atoms with van der Waals surface area (Å²) in [5.74, 6) is 1.18. The molecule has 0 spiro atoms. The highest BCUT2D eigenvalue weighted by atomic mass is 16.5. The first kappa shape index (κ1) is 12.3. The van der Waals surface area contributed by atoms with Gasteiger partial charge in [-0.1, -0.05) is 5.16 Å². The molecule has 6 heteroatoms. The van der Waals surface area contributed by atoms with E-state index in [-0.39, 0.29) is 5.60 Å². The van der Waals surface area contributed by atoms with Crippen LogP contribution in [0.5, 0.6) is 5.75 Å². The van der Waals surface area contributed by atoms with Crippen LogP contribution in [0.3, 0.4) is 0 Å². The van der Waals surface area contributed by atoms with Crippen molar-refractivity contribution in [2.45, 2.75) is 32.4 Å². The molecule has 0 aliphatic carbocycles. The minimum atomic E-state index is -0.251. The van der Waals surface area contributed by atoms with Gasteiger partial charge in [-0.15, -0.1) is 0 Å². The third-order valence-electron chi connectivity index (χ3n) is 3.81. The predicted molar refractivity (Wildman–Crippen MR) is 78.2 cm³/mol. The molecule has 1 aliphatic rings. The van der Waals surface area contributed by atoms with Crippen molar-refractivity contribution in [2.24, 2.45) is 0 Å². The molecule has 21 heavy (non-hydrogen) atoms. The van der Waals surface area contributed by atoms with Gasteiger partial charge in [0, 0.05) is 24.4 Å². The van der Waals surface area contributed by atoms with Crippen molar-refractivity contribution in [3.8, 4) is 5.75 Å². The van der Waals surface area contributed by atoms with Crippen LogP contribution in [-0.4, -0.2) is 20.5 Å². The molecule has 1 aromatic carbocycles. The number of hydrogen-bond acceptors (Lipinski definition) is 5. The summed E-state index contributed by atoms with van der Waals surface area (Å²) in [6.45, 7) is 4.81. The number of ether oxygens (including phenoxy) is 1. The maximum absolute atomic E-state index is 6.10. The summed E-state index contributed by atoms with van der Waals surface area (Å²) in [4.78, 5) is 0. The van der Waals surface area contributed by atoms with Crippen molar-refractivity contribution in [1.29, 1.82) is 0 Å². The maximum atomic E-state index is 6.10. The third-order valence-corrected chi connectivity index (χ3v) is 3.81. The molecule has 0 saturated heterocycles. The fraction of sp³-hybridized carbons (Fsp3) is 0.333. The molecule has 0 unspecified atom stereocenters. The molecule has 0 bridgehead atoms. The second-order valence-electron chi connectivity index (χ2n) is 6.03. The Hall–Kier alpha value is -2.50. The van der Waals surface area contributed by atoms with Gasteiger partial charge in [0.2, 0.25) is 0 Å². The summed E-state index contributed by atoms with van der Waals surface area (Å²) in [7, 11) is 0. The van der Waals surface area contributed by atoms with Crippen LogP contribution in [0.2, 0.25) is 0 Å². The molecule has 0 atom stereocenters. The van der Waals surface area contributed by atoms with Gasteiger partial charge in [0.05, 0.1) is 6.54 Å². The van der Waals surface area contributed by atoms with E-state index in [9.17, 15) is 0 Å². The Morgan fingerprint density at radius 2 is 2.29 bits per heavy atom. The van der Waals surface area contributed by atoms with E-state index in [1.54, 1.807) is 6.20 Å². The molecule has 0 fully saturated rings. The van der Waals surface area contributed by atoms with Gasteiger partial charge in [-0.25, -0.2) is 0 Å². The van der Waals surface area contributed by atoms with Crippen LogP contribution >= 0.6 is 0 Å². The fourth-order valence-corrected chi connectivity index (χ4v) is 2.94. The highest BCUT2D eigenvalue weighted by Gasteiger charge is 2.35. The number of nitrogen functional groups attached to an aromatic ring is 1. The molecule has 2 aromatic heterocycles. The molecule has 3 heterocycles. The van der Waals surface area contributed by atoms with Gasteiger partial charge in [-0.3, -0.25) is 4.68 Å². The van der Waals surface area contributed by atoms with Gasteiger partial charge in [-0.05, 0) is 31.5 Å². The summed E-state index contributed by atoms with van der Waals surface area (Å²) in [5, 5.41) is 8.90. The Labute approximate surface area is 121 Å². The summed E-state index contributed by atoms with van der Waals surface area (Å²) in [6.07, 6.45) is 4.54. The van der Waals surface area contributed by atoms with Crippen LogP contribution in [0.25, 0.3) is 11.0 Å². The Morgan fingerprint density at radius 3 is 3.05 bits per heavy atom. The van der Waals surface area contributed by atoms with Crippen molar-refractivity contribution in [3.05, 3.63) is 35.7 Å². The van der Waals surface area contributed by atoms with Crippen molar-refractivity contribution in [3.63, 3.8) is 0 Å². The molecule has 3 aromatic rings. The molecular weight excluding hydrogens is 268 g/mol. The zero-order chi connectivity index (χ0) is 14.6. The zero-order valence-electron chi connectivity index (χ0n) is 12.0. The van der Waals surface area contributed by atoms with E-state index in [0.29, 0.717) is 17.9 Å². The quantitative estimate of drug-likeness (QED) is 0.781. The van der Waals surface area contributed by atoms with E-state index < -0.39 is 0 Å². The minimum absolute atomic E-state index is 0.251. The Kier molecular flexibility index (Phi) is 2.34. The number of nitrogens with two attached hydrogens (primary N) is 1. The number of anilines is 1. The topological polar surface area (TPSA) is 79.1 Å². The SMILES string of the molecule is CC1(C)Cc2c(Cn3cccn3)cc3onc(N)c3c2O1. The van der Waals surface area contributed by atoms with Gasteiger partial charge in [0.1, 0.15) is 16.7 Å². The number of benzene rings is 1. The van der Waals surface area contributed by atoms with E-state index >= 15 is 0 Å². The van der Waals surface area contributed by atoms with Crippen LogP contribution in [0, 0.1) is 0 Å². The van der Waals surface area contributed by atoms with E-state index in [1.165, 1.54) is 0 Å². The van der Waals surface area contributed by atoms with Crippen molar-refractivity contribution in [2.75, 3.05) is 5.73 Å². The Bertz CT molecular complexity index is 818. The fourth-order valence-electron chi connectivity index (χ4n) is 2.94. The molecule has 0 amide bonds. The molecular formula is C15H16N4O2. The third kappa shape index (κ3) is 1.86. The second-order valence-corrected chi connectivity index (χ2v) is 6.03. The molecule has 108 valence electrons. The summed E-state index contributed by atoms with van der Waals surface area (Å²) < 4.78 is 13.3. The first-order valence-electron chi connectivity index (χ1n) is 6.89. The van der Waals surface area contributed by atoms with E-state index in [0.717, 1.165) is 28.7 Å². The number of hydrogen-bond donors (Lipinski definition) is 1. The molecule has 0 saturated carbocycles. The second kappa shape index (κ2) is 4.00. The monoisotopic (exact) mass is 284 g/mol. The molecule has 2 N–H and O–H groups in total. The first-order chi connectivity index (χ1) is 10.0. The van der Waals surface area contributed by atoms with Crippen molar-refractivity contribution < 1.29 is 9.26 Å². The Balaban J connectivity index is 1.92. The highest BCUT2D eigenvalue weighted by Crippen LogP contribution is 2.44. The minimum Gasteiger partial charge on any atom is -0.486 e. The average molecular weight is 284 g/mol. The van der Waals surface area contributed by atoms with Crippen LogP contribution in [0.1, 0.15) is 25.0 Å². The summed E-state index contributed by atoms with van der Waals surface area (Å²) >= 11 is 0. The Morgan fingerprint density at radius 1 is 1.43 bits per heavy atom. The lowest BCUT2D eigenvalue weighted by Gasteiger charge is -2.17. The smallest absolute Gasteiger partial charge is 0.178 e. The van der Waals surface area contributed by atoms with Crippen molar-refractivity contribution in [1.82, 2.24) is 14.9 Å². The standard InChI is InChI=1S/C15H16N4O2/c1-15(2)7-10-9(8-19-5-3-4-17-19)6-11-12(13(10)20-15)14(16)18-21-11/h3-6H,7-8H2,1-2H3,(H2,16,18). The van der Waals surface area contributed by atoms with Crippen LogP contribution < -0.4 is 10.5 Å². The summed E-state index contributed by atoms with van der Waals surface area (Å²) in [6, 6.07) is 3.90. The van der Waals surface area contributed by atoms with Gasteiger partial charge in [0.15, 0.2) is 11.4 Å². The summed E-state index contributed by atoms with van der Waals surface area (Å²) in [5.41, 5.74) is 8.62. The van der Waals surface area contributed by atoms with Crippen LogP contribution in [0.15, 0.2) is 29.0 Å². The van der Waals surface area contributed by atoms with E-state index in [1.807, 2.05) is 23.0 Å². The largest absolute Gasteiger partial charge is 0.486 e. The lowest BCUT2D eigenvalue weighted by atomic mass is 9.96. The van der Waals surface area contributed by atoms with Crippen LogP contribution in [0.4, 0.5) is 5.82 Å². The van der Waals surface area contributed by atoms with Crippen LogP contribution in [-0.2, 0) is 13.0 Å². The number of nitrogens with zero attached hydrogens (tertiary/aromatic N) is 3. The number of rotatable bonds is 2. The molecule has 6 nitrogen and oxygen atoms in total. The highest BCUT2D eigenvalue weighted by molar-refractivity contribution is 5.95. The number of fused-ring (bicyclic) bond motifs is 3. The van der Waals surface area contributed by atoms with Gasteiger partial charge < -0.3 is 15.0 Å². The molecule has 0 radical (unpaired) electrons. The van der Waals surface area contributed by atoms with Crippen molar-refractivity contribution >= 4 is 16.8 Å². The van der Waals surface area contributed by atoms with E-state index in [2.05, 4.69) is 24.1 Å². The average Bonchev–Trinajstić information content (AvgIpc) is 3.09. The maximum Gasteiger partial charge on any atom is 0.178 e. The predicted octanol–water partition coefficient (Wildman–Crippen LogP) is 2.37. The molecule has 1 aliphatic heterocycles. The lowest BCUT2D eigenvalue weighted by molar-refractivity contribution is 0.140. The van der Waals surface area contributed by atoms with Gasteiger partial charge >= 0.3 is 0 Å².